The molecule has 1 aromatic rings. The van der Waals surface area contributed by atoms with E-state index in [1.165, 1.54) is 0 Å². The Bertz CT molecular complexity index is 605. The predicted octanol–water partition coefficient (Wildman–Crippen LogP) is 2.46. The van der Waals surface area contributed by atoms with Gasteiger partial charge < -0.3 is 20.3 Å². The minimum Gasteiger partial charge on any atom is -0.385 e. The molecule has 1 saturated heterocycles. The van der Waals surface area contributed by atoms with Gasteiger partial charge in [-0.25, -0.2) is 0 Å². The van der Waals surface area contributed by atoms with E-state index in [9.17, 15) is 4.79 Å². The van der Waals surface area contributed by atoms with Gasteiger partial charge in [-0.1, -0.05) is 23.2 Å². The maximum absolute atomic E-state index is 11.9. The molecular formula is C17H24Cl2N4O2S. The van der Waals surface area contributed by atoms with Gasteiger partial charge in [-0.2, -0.15) is 0 Å². The molecule has 1 aromatic carbocycles. The van der Waals surface area contributed by atoms with Gasteiger partial charge in [0.25, 0.3) is 0 Å². The predicted molar refractivity (Wildman–Crippen MR) is 110 cm³/mol. The number of carbonyl (C=O) groups excluding carboxylic acids is 1. The fourth-order valence-corrected chi connectivity index (χ4v) is 3.47. The summed E-state index contributed by atoms with van der Waals surface area (Å²) in [7, 11) is 1.65. The largest absolute Gasteiger partial charge is 0.385 e. The van der Waals surface area contributed by atoms with Crippen LogP contribution in [-0.2, 0) is 9.53 Å². The molecule has 2 rings (SSSR count). The first-order chi connectivity index (χ1) is 12.5. The highest BCUT2D eigenvalue weighted by Crippen LogP contribution is 2.22. The van der Waals surface area contributed by atoms with Crippen molar-refractivity contribution in [2.24, 2.45) is 0 Å². The number of nitrogens with zero attached hydrogens (tertiary/aromatic N) is 2. The number of piperazine rings is 1. The average molecular weight is 419 g/mol. The Hall–Kier alpha value is -1.12. The summed E-state index contributed by atoms with van der Waals surface area (Å²) in [5.41, 5.74) is 0.769. The van der Waals surface area contributed by atoms with Gasteiger partial charge in [0.1, 0.15) is 0 Å². The highest BCUT2D eigenvalue weighted by Gasteiger charge is 2.20. The van der Waals surface area contributed by atoms with Crippen molar-refractivity contribution in [2.75, 3.05) is 58.3 Å². The third-order valence-electron chi connectivity index (χ3n) is 3.99. The summed E-state index contributed by atoms with van der Waals surface area (Å²) in [6.07, 6.45) is 0.823. The van der Waals surface area contributed by atoms with Crippen molar-refractivity contribution in [3.05, 3.63) is 28.2 Å². The second-order valence-corrected chi connectivity index (χ2v) is 7.31. The zero-order valence-electron chi connectivity index (χ0n) is 14.8. The van der Waals surface area contributed by atoms with Gasteiger partial charge in [0.15, 0.2) is 5.11 Å². The Balaban J connectivity index is 1.72. The van der Waals surface area contributed by atoms with Crippen LogP contribution < -0.4 is 10.6 Å². The van der Waals surface area contributed by atoms with Crippen LogP contribution in [0.1, 0.15) is 6.42 Å². The highest BCUT2D eigenvalue weighted by molar-refractivity contribution is 7.80. The fourth-order valence-electron chi connectivity index (χ4n) is 2.64. The first-order valence-corrected chi connectivity index (χ1v) is 9.64. The summed E-state index contributed by atoms with van der Waals surface area (Å²) >= 11 is 17.5. The lowest BCUT2D eigenvalue weighted by molar-refractivity contribution is -0.122. The smallest absolute Gasteiger partial charge is 0.234 e. The summed E-state index contributed by atoms with van der Waals surface area (Å²) in [4.78, 5) is 16.1. The molecule has 144 valence electrons. The Labute approximate surface area is 169 Å². The topological polar surface area (TPSA) is 56.8 Å². The Morgan fingerprint density at radius 3 is 2.46 bits per heavy atom. The number of ether oxygens (including phenoxy) is 1. The molecule has 6 nitrogen and oxygen atoms in total. The van der Waals surface area contributed by atoms with Crippen LogP contribution in [-0.4, -0.2) is 73.8 Å². The average Bonchev–Trinajstić information content (AvgIpc) is 2.58. The molecule has 0 aromatic heterocycles. The fraction of sp³-hybridized carbons (Fsp3) is 0.529. The summed E-state index contributed by atoms with van der Waals surface area (Å²) in [5.74, 6) is 0.0452. The van der Waals surface area contributed by atoms with E-state index in [4.69, 9.17) is 40.2 Å². The lowest BCUT2D eigenvalue weighted by Crippen LogP contribution is -2.52. The molecule has 1 heterocycles. The number of benzene rings is 1. The zero-order chi connectivity index (χ0) is 18.9. The van der Waals surface area contributed by atoms with E-state index in [0.717, 1.165) is 38.3 Å². The van der Waals surface area contributed by atoms with Crippen molar-refractivity contribution >= 4 is 52.1 Å². The Kier molecular flexibility index (Phi) is 8.87. The third kappa shape index (κ3) is 7.25. The molecule has 1 amide bonds. The lowest BCUT2D eigenvalue weighted by atomic mass is 10.3. The Morgan fingerprint density at radius 2 is 1.85 bits per heavy atom. The van der Waals surface area contributed by atoms with Crippen molar-refractivity contribution in [1.82, 2.24) is 15.1 Å². The quantitative estimate of drug-likeness (QED) is 0.523. The molecule has 1 aliphatic heterocycles. The molecule has 0 atom stereocenters. The number of thiocarbonyl (C=S) groups is 1. The first kappa shape index (κ1) is 21.2. The van der Waals surface area contributed by atoms with Crippen LogP contribution in [0.25, 0.3) is 0 Å². The molecule has 0 saturated carbocycles. The van der Waals surface area contributed by atoms with E-state index in [0.29, 0.717) is 34.9 Å². The standard InChI is InChI=1S/C17H24Cl2N4O2S/c1-25-8-2-3-20-16(24)12-22-4-6-23(7-5-22)17(26)21-15-10-13(18)9-14(19)11-15/h9-11H,2-8,12H2,1H3,(H,20,24)(H,21,26). The van der Waals surface area contributed by atoms with Crippen LogP contribution >= 0.6 is 35.4 Å². The van der Waals surface area contributed by atoms with Crippen LogP contribution in [0.5, 0.6) is 0 Å². The van der Waals surface area contributed by atoms with E-state index in [1.54, 1.807) is 25.3 Å². The van der Waals surface area contributed by atoms with Crippen molar-refractivity contribution in [2.45, 2.75) is 6.42 Å². The second kappa shape index (κ2) is 10.9. The van der Waals surface area contributed by atoms with Crippen molar-refractivity contribution in [1.29, 1.82) is 0 Å². The van der Waals surface area contributed by atoms with Crippen molar-refractivity contribution < 1.29 is 9.53 Å². The lowest BCUT2D eigenvalue weighted by Gasteiger charge is -2.35. The number of hydrogen-bond acceptors (Lipinski definition) is 4. The number of nitrogens with one attached hydrogen (secondary N) is 2. The summed E-state index contributed by atoms with van der Waals surface area (Å²) in [5, 5.41) is 7.82. The number of hydrogen-bond donors (Lipinski definition) is 2. The second-order valence-electron chi connectivity index (χ2n) is 6.05. The van der Waals surface area contributed by atoms with Crippen LogP contribution in [0.3, 0.4) is 0 Å². The van der Waals surface area contributed by atoms with Gasteiger partial charge in [0, 0.05) is 62.2 Å². The molecule has 9 heteroatoms. The summed E-state index contributed by atoms with van der Waals surface area (Å²) in [6, 6.07) is 5.24. The van der Waals surface area contributed by atoms with E-state index in [1.807, 2.05) is 0 Å². The van der Waals surface area contributed by atoms with E-state index in [2.05, 4.69) is 20.4 Å². The van der Waals surface area contributed by atoms with Gasteiger partial charge >= 0.3 is 0 Å². The van der Waals surface area contributed by atoms with Crippen molar-refractivity contribution in [3.8, 4) is 0 Å². The minimum absolute atomic E-state index is 0.0452. The van der Waals surface area contributed by atoms with Crippen LogP contribution in [0, 0.1) is 0 Å². The van der Waals surface area contributed by atoms with Crippen LogP contribution in [0.15, 0.2) is 18.2 Å². The van der Waals surface area contributed by atoms with E-state index >= 15 is 0 Å². The van der Waals surface area contributed by atoms with E-state index < -0.39 is 0 Å². The molecule has 0 radical (unpaired) electrons. The molecule has 2 N–H and O–H groups in total. The molecule has 0 bridgehead atoms. The molecule has 0 spiro atoms. The van der Waals surface area contributed by atoms with Crippen molar-refractivity contribution in [3.63, 3.8) is 0 Å². The van der Waals surface area contributed by atoms with Gasteiger partial charge in [-0.3, -0.25) is 9.69 Å². The number of carbonyl (C=O) groups is 1. The first-order valence-electron chi connectivity index (χ1n) is 8.48. The zero-order valence-corrected chi connectivity index (χ0v) is 17.1. The normalized spacial score (nSPS) is 15.0. The number of anilines is 1. The molecule has 26 heavy (non-hydrogen) atoms. The highest BCUT2D eigenvalue weighted by atomic mass is 35.5. The number of amides is 1. The monoisotopic (exact) mass is 418 g/mol. The number of halogens is 2. The van der Waals surface area contributed by atoms with E-state index in [-0.39, 0.29) is 5.91 Å². The maximum atomic E-state index is 11.9. The summed E-state index contributed by atoms with van der Waals surface area (Å²) < 4.78 is 4.96. The van der Waals surface area contributed by atoms with Gasteiger partial charge in [0.2, 0.25) is 5.91 Å². The van der Waals surface area contributed by atoms with Crippen LogP contribution in [0.4, 0.5) is 5.69 Å². The van der Waals surface area contributed by atoms with Crippen LogP contribution in [0.2, 0.25) is 10.0 Å². The number of rotatable bonds is 7. The third-order valence-corrected chi connectivity index (χ3v) is 4.78. The molecule has 0 aliphatic carbocycles. The molecular weight excluding hydrogens is 395 g/mol. The minimum atomic E-state index is 0.0452. The summed E-state index contributed by atoms with van der Waals surface area (Å²) in [6.45, 7) is 4.79. The van der Waals surface area contributed by atoms with Gasteiger partial charge in [0.05, 0.1) is 6.54 Å². The maximum Gasteiger partial charge on any atom is 0.234 e. The molecule has 0 unspecified atom stereocenters. The number of methoxy groups -OCH3 is 1. The molecule has 1 fully saturated rings. The van der Waals surface area contributed by atoms with Gasteiger partial charge in [-0.15, -0.1) is 0 Å². The molecule has 1 aliphatic rings. The van der Waals surface area contributed by atoms with Gasteiger partial charge in [-0.05, 0) is 36.8 Å². The Morgan fingerprint density at radius 1 is 1.19 bits per heavy atom. The SMILES string of the molecule is COCCCNC(=O)CN1CCN(C(=S)Nc2cc(Cl)cc(Cl)c2)CC1.